The number of benzene rings is 3. The van der Waals surface area contributed by atoms with E-state index in [0.29, 0.717) is 40.7 Å². The van der Waals surface area contributed by atoms with Gasteiger partial charge < -0.3 is 24.8 Å². The van der Waals surface area contributed by atoms with E-state index < -0.39 is 17.7 Å². The molecule has 2 unspecified atom stereocenters. The van der Waals surface area contributed by atoms with Gasteiger partial charge in [0.05, 0.1) is 14.2 Å². The number of aromatic nitrogens is 3. The van der Waals surface area contributed by atoms with Crippen molar-refractivity contribution in [3.05, 3.63) is 99.7 Å². The lowest BCUT2D eigenvalue weighted by atomic mass is 9.90. The number of methoxy groups -OCH3 is 2. The molecule has 1 aromatic heterocycles. The molecule has 214 valence electrons. The summed E-state index contributed by atoms with van der Waals surface area (Å²) in [5.74, 6) is 1.20. The Morgan fingerprint density at radius 1 is 1.02 bits per heavy atom. The molecule has 11 heteroatoms. The van der Waals surface area contributed by atoms with Crippen LogP contribution in [0.15, 0.2) is 71.5 Å². The predicted octanol–water partition coefficient (Wildman–Crippen LogP) is 3.09. The number of H-pyrrole nitrogens is 1. The van der Waals surface area contributed by atoms with E-state index in [-0.39, 0.29) is 11.7 Å². The van der Waals surface area contributed by atoms with E-state index >= 15 is 0 Å². The van der Waals surface area contributed by atoms with Gasteiger partial charge in [0.25, 0.3) is 5.91 Å². The number of nitrogen functional groups attached to an aromatic ring is 1. The van der Waals surface area contributed by atoms with Crippen LogP contribution in [0.4, 0.5) is 0 Å². The van der Waals surface area contributed by atoms with E-state index in [1.54, 1.807) is 57.4 Å². The molecular formula is C30H34N6O5. The van der Waals surface area contributed by atoms with Crippen molar-refractivity contribution >= 4 is 11.7 Å². The molecule has 0 aliphatic rings. The van der Waals surface area contributed by atoms with Crippen LogP contribution in [-0.2, 0) is 11.2 Å². The quantitative estimate of drug-likeness (QED) is 0.189. The van der Waals surface area contributed by atoms with Crippen molar-refractivity contribution in [1.82, 2.24) is 19.7 Å². The van der Waals surface area contributed by atoms with E-state index in [0.717, 1.165) is 11.1 Å². The first-order valence-electron chi connectivity index (χ1n) is 12.9. The summed E-state index contributed by atoms with van der Waals surface area (Å²) in [5, 5.41) is 12.4. The van der Waals surface area contributed by atoms with Gasteiger partial charge >= 0.3 is 5.69 Å². The Kier molecular flexibility index (Phi) is 8.76. The second kappa shape index (κ2) is 12.4. The minimum absolute atomic E-state index is 0.0183. The molecule has 0 aliphatic carbocycles. The van der Waals surface area contributed by atoms with Gasteiger partial charge in [-0.2, -0.15) is 4.68 Å². The number of hydrogen-bond acceptors (Lipinski definition) is 7. The van der Waals surface area contributed by atoms with Crippen molar-refractivity contribution in [3.8, 4) is 22.9 Å². The van der Waals surface area contributed by atoms with Gasteiger partial charge in [-0.15, -0.1) is 5.10 Å². The fourth-order valence-corrected chi connectivity index (χ4v) is 4.50. The third-order valence-corrected chi connectivity index (χ3v) is 6.67. The number of likely N-dealkylation sites (N-methyl/N-ethyl adjacent to an activating group) is 1. The molecular weight excluding hydrogens is 524 g/mol. The zero-order valence-corrected chi connectivity index (χ0v) is 23.7. The lowest BCUT2D eigenvalue weighted by Gasteiger charge is -2.21. The average molecular weight is 559 g/mol. The number of carbonyl (C=O) groups excluding carboxylic acids is 1. The number of hydrogen-bond donors (Lipinski definition) is 3. The molecule has 4 N–H and O–H groups in total. The lowest BCUT2D eigenvalue weighted by molar-refractivity contribution is -0.135. The molecule has 0 bridgehead atoms. The minimum Gasteiger partial charge on any atom is -0.494 e. The average Bonchev–Trinajstić information content (AvgIpc) is 3.36. The molecule has 0 fully saturated rings. The number of nitrogens with two attached hydrogens (primary N) is 1. The molecule has 1 amide bonds. The molecule has 3 aromatic carbocycles. The molecule has 0 spiro atoms. The van der Waals surface area contributed by atoms with Crippen molar-refractivity contribution in [2.75, 3.05) is 28.3 Å². The maximum Gasteiger partial charge on any atom is 0.348 e. The first-order valence-corrected chi connectivity index (χ1v) is 12.9. The van der Waals surface area contributed by atoms with E-state index in [2.05, 4.69) is 10.1 Å². The summed E-state index contributed by atoms with van der Waals surface area (Å²) in [4.78, 5) is 29.8. The van der Waals surface area contributed by atoms with Crippen molar-refractivity contribution in [2.24, 2.45) is 5.73 Å². The van der Waals surface area contributed by atoms with Crippen molar-refractivity contribution in [2.45, 2.75) is 25.4 Å². The highest BCUT2D eigenvalue weighted by atomic mass is 16.5. The van der Waals surface area contributed by atoms with Gasteiger partial charge in [-0.25, -0.2) is 4.79 Å². The summed E-state index contributed by atoms with van der Waals surface area (Å²) in [6.07, 6.45) is -0.246. The first kappa shape index (κ1) is 28.9. The normalized spacial score (nSPS) is 12.3. The SMILES string of the molecule is COc1cc(C(Cc2ccc(C(=N)N)cc2)c2nn(-c3ccccc3OC)c(=O)[nH]2)ccc1OC(C)C(=O)N(C)C. The molecule has 41 heavy (non-hydrogen) atoms. The third-order valence-electron chi connectivity index (χ3n) is 6.67. The maximum absolute atomic E-state index is 13.1. The Bertz CT molecular complexity index is 1590. The van der Waals surface area contributed by atoms with Crippen LogP contribution >= 0.6 is 0 Å². The molecule has 4 aromatic rings. The van der Waals surface area contributed by atoms with Gasteiger partial charge in [0, 0.05) is 25.6 Å². The summed E-state index contributed by atoms with van der Waals surface area (Å²) >= 11 is 0. The maximum atomic E-state index is 13.1. The van der Waals surface area contributed by atoms with E-state index in [9.17, 15) is 9.59 Å². The van der Waals surface area contributed by atoms with Crippen LogP contribution in [0.2, 0.25) is 0 Å². The largest absolute Gasteiger partial charge is 0.494 e. The second-order valence-corrected chi connectivity index (χ2v) is 9.67. The van der Waals surface area contributed by atoms with Crippen LogP contribution < -0.4 is 25.6 Å². The number of nitrogens with one attached hydrogen (secondary N) is 2. The number of amides is 1. The summed E-state index contributed by atoms with van der Waals surface area (Å²) in [6.45, 7) is 1.68. The van der Waals surface area contributed by atoms with E-state index in [4.69, 9.17) is 25.4 Å². The summed E-state index contributed by atoms with van der Waals surface area (Å²) in [6, 6.07) is 19.9. The van der Waals surface area contributed by atoms with Crippen LogP contribution in [0.5, 0.6) is 17.2 Å². The smallest absolute Gasteiger partial charge is 0.348 e. The first-order chi connectivity index (χ1) is 19.6. The number of aromatic amines is 1. The van der Waals surface area contributed by atoms with Gasteiger partial charge in [-0.05, 0) is 48.7 Å². The number of nitrogens with zero attached hydrogens (tertiary/aromatic N) is 3. The molecule has 1 heterocycles. The number of para-hydroxylation sites is 2. The van der Waals surface area contributed by atoms with Crippen molar-refractivity contribution < 1.29 is 19.0 Å². The van der Waals surface area contributed by atoms with E-state index in [1.807, 2.05) is 30.3 Å². The summed E-state index contributed by atoms with van der Waals surface area (Å²) in [7, 11) is 6.40. The van der Waals surface area contributed by atoms with Crippen LogP contribution in [0, 0.1) is 5.41 Å². The van der Waals surface area contributed by atoms with Crippen LogP contribution in [-0.4, -0.2) is 65.8 Å². The minimum atomic E-state index is -0.715. The van der Waals surface area contributed by atoms with Gasteiger partial charge in [0.1, 0.15) is 23.1 Å². The highest BCUT2D eigenvalue weighted by Crippen LogP contribution is 2.35. The van der Waals surface area contributed by atoms with Crippen LogP contribution in [0.3, 0.4) is 0 Å². The standard InChI is InChI=1S/C30H34N6O5/c1-18(29(37)35(2)3)41-25-15-14-21(17-26(25)40-5)22(16-19-10-12-20(13-11-19)27(31)32)28-33-30(38)36(34-28)23-8-6-7-9-24(23)39-4/h6-15,17-18,22H,16H2,1-5H3,(H3,31,32)(H,33,34,38). The van der Waals surface area contributed by atoms with Gasteiger partial charge in [0.2, 0.25) is 0 Å². The van der Waals surface area contributed by atoms with Gasteiger partial charge in [-0.1, -0.05) is 42.5 Å². The van der Waals surface area contributed by atoms with Crippen molar-refractivity contribution in [1.29, 1.82) is 5.41 Å². The van der Waals surface area contributed by atoms with Crippen molar-refractivity contribution in [3.63, 3.8) is 0 Å². The number of rotatable bonds is 11. The Balaban J connectivity index is 1.77. The molecule has 0 saturated carbocycles. The number of carbonyl (C=O) groups is 1. The topological polar surface area (TPSA) is 149 Å². The second-order valence-electron chi connectivity index (χ2n) is 9.67. The van der Waals surface area contributed by atoms with E-state index in [1.165, 1.54) is 23.8 Å². The molecule has 0 aliphatic heterocycles. The van der Waals surface area contributed by atoms with Gasteiger partial charge in [-0.3, -0.25) is 15.2 Å². The molecule has 2 atom stereocenters. The summed E-state index contributed by atoms with van der Waals surface area (Å²) < 4.78 is 18.3. The Hall–Kier alpha value is -5.06. The Labute approximate surface area is 238 Å². The monoisotopic (exact) mass is 558 g/mol. The highest BCUT2D eigenvalue weighted by molar-refractivity contribution is 5.94. The molecule has 0 saturated heterocycles. The zero-order valence-electron chi connectivity index (χ0n) is 23.7. The lowest BCUT2D eigenvalue weighted by Crippen LogP contribution is -2.35. The fourth-order valence-electron chi connectivity index (χ4n) is 4.50. The highest BCUT2D eigenvalue weighted by Gasteiger charge is 2.24. The van der Waals surface area contributed by atoms with Crippen LogP contribution in [0.1, 0.15) is 35.4 Å². The number of ether oxygens (including phenoxy) is 3. The Morgan fingerprint density at radius 3 is 2.34 bits per heavy atom. The fraction of sp³-hybridized carbons (Fsp3) is 0.267. The molecule has 4 rings (SSSR count). The summed E-state index contributed by atoms with van der Waals surface area (Å²) in [5.41, 5.74) is 8.09. The zero-order chi connectivity index (χ0) is 29.7. The molecule has 11 nitrogen and oxygen atoms in total. The Morgan fingerprint density at radius 2 is 1.71 bits per heavy atom. The van der Waals surface area contributed by atoms with Crippen LogP contribution in [0.25, 0.3) is 5.69 Å². The molecule has 0 radical (unpaired) electrons. The number of amidine groups is 1. The third kappa shape index (κ3) is 6.40. The van der Waals surface area contributed by atoms with Gasteiger partial charge in [0.15, 0.2) is 17.6 Å². The predicted molar refractivity (Wildman–Crippen MR) is 156 cm³/mol.